The van der Waals surface area contributed by atoms with Crippen molar-refractivity contribution in [2.45, 2.75) is 41.5 Å². The number of hydrogen-bond acceptors (Lipinski definition) is 3. The van der Waals surface area contributed by atoms with Crippen molar-refractivity contribution in [1.29, 1.82) is 0 Å². The Balaban J connectivity index is 0.000000158. The Labute approximate surface area is 389 Å². The van der Waals surface area contributed by atoms with Crippen molar-refractivity contribution in [2.75, 3.05) is 0 Å². The SMILES string of the molecule is Cc1ccc(-c2cccc(-c3ccc(C)cc3)c2[O-])cc1.Cc1ccc(-c2cccc(-c3ccc(C)cc3)c2[O-])cc1.Cc1ccc(-c2cccc(-c3ccc(C)cc3)c2[O-])cc1.[Al+3]. The van der Waals surface area contributed by atoms with Gasteiger partial charge in [-0.05, 0) is 108 Å². The Bertz CT molecular complexity index is 2400. The molecule has 0 amide bonds. The predicted octanol–water partition coefficient (Wildman–Crippen LogP) is 13.8. The molecule has 0 saturated carbocycles. The summed E-state index contributed by atoms with van der Waals surface area (Å²) in [6, 6.07) is 65.7. The van der Waals surface area contributed by atoms with Crippen molar-refractivity contribution in [2.24, 2.45) is 0 Å². The molecule has 0 aliphatic rings. The molecule has 64 heavy (non-hydrogen) atoms. The summed E-state index contributed by atoms with van der Waals surface area (Å²) in [5, 5.41) is 38.2. The molecule has 0 aliphatic carbocycles. The Morgan fingerprint density at radius 3 is 0.453 bits per heavy atom. The van der Waals surface area contributed by atoms with Crippen LogP contribution >= 0.6 is 0 Å². The summed E-state index contributed by atoms with van der Waals surface area (Å²) in [6.07, 6.45) is 0. The molecule has 9 rings (SSSR count). The standard InChI is InChI=1S/3C20H18O.Al/c3*1-14-6-10-16(11-7-14)18-4-3-5-19(20(18)21)17-12-8-15(2)9-13-17;/h3*3-13,21H,1-2H3;/q;;;+3/p-3. The zero-order valence-corrected chi connectivity index (χ0v) is 38.5. The first-order chi connectivity index (χ1) is 30.4. The first-order valence-corrected chi connectivity index (χ1v) is 21.3. The maximum Gasteiger partial charge on any atom is 3.00 e. The van der Waals surface area contributed by atoms with E-state index in [1.807, 2.05) is 242 Å². The monoisotopic (exact) mass is 846 g/mol. The van der Waals surface area contributed by atoms with Crippen molar-refractivity contribution in [3.63, 3.8) is 0 Å². The van der Waals surface area contributed by atoms with Crippen LogP contribution in [0.3, 0.4) is 0 Å². The Morgan fingerprint density at radius 2 is 0.328 bits per heavy atom. The molecular weight excluding hydrogens is 796 g/mol. The summed E-state index contributed by atoms with van der Waals surface area (Å²) in [5.74, 6) is 0.264. The van der Waals surface area contributed by atoms with Crippen LogP contribution in [0.25, 0.3) is 66.8 Å². The zero-order valence-electron chi connectivity index (χ0n) is 37.4. The third-order valence-corrected chi connectivity index (χ3v) is 11.2. The number of benzene rings is 9. The second-order valence-corrected chi connectivity index (χ2v) is 16.2. The molecule has 0 unspecified atom stereocenters. The van der Waals surface area contributed by atoms with Crippen molar-refractivity contribution in [3.8, 4) is 84.0 Å². The van der Waals surface area contributed by atoms with E-state index in [0.717, 1.165) is 66.8 Å². The topological polar surface area (TPSA) is 69.2 Å². The van der Waals surface area contributed by atoms with Gasteiger partial charge in [-0.25, -0.2) is 0 Å². The van der Waals surface area contributed by atoms with E-state index in [1.54, 1.807) is 0 Å². The van der Waals surface area contributed by atoms with Crippen LogP contribution in [0.4, 0.5) is 0 Å². The molecule has 0 heterocycles. The van der Waals surface area contributed by atoms with Gasteiger partial charge in [0.1, 0.15) is 0 Å². The van der Waals surface area contributed by atoms with Crippen LogP contribution in [0.5, 0.6) is 17.2 Å². The van der Waals surface area contributed by atoms with Crippen LogP contribution in [0.1, 0.15) is 33.4 Å². The maximum absolute atomic E-state index is 12.7. The molecule has 0 atom stereocenters. The Kier molecular flexibility index (Phi) is 15.5. The third-order valence-electron chi connectivity index (χ3n) is 11.2. The molecule has 0 bridgehead atoms. The molecule has 0 saturated heterocycles. The van der Waals surface area contributed by atoms with E-state index in [-0.39, 0.29) is 34.6 Å². The zero-order chi connectivity index (χ0) is 44.5. The summed E-state index contributed by atoms with van der Waals surface area (Å²) in [6.45, 7) is 12.3. The molecular formula is C60H51AlO3. The van der Waals surface area contributed by atoms with E-state index in [9.17, 15) is 15.3 Å². The first-order valence-electron chi connectivity index (χ1n) is 21.3. The summed E-state index contributed by atoms with van der Waals surface area (Å²) >= 11 is 0. The first kappa shape index (κ1) is 46.4. The molecule has 0 fully saturated rings. The normalized spacial score (nSPS) is 10.4. The molecule has 0 aliphatic heterocycles. The van der Waals surface area contributed by atoms with Crippen LogP contribution in [0.15, 0.2) is 200 Å². The molecule has 9 aromatic rings. The molecule has 0 radical (unpaired) electrons. The van der Waals surface area contributed by atoms with Gasteiger partial charge in [0.25, 0.3) is 0 Å². The van der Waals surface area contributed by atoms with Crippen LogP contribution in [0.2, 0.25) is 0 Å². The molecule has 4 heteroatoms. The molecule has 0 aromatic heterocycles. The smallest absolute Gasteiger partial charge is 0.872 e. The second-order valence-electron chi connectivity index (χ2n) is 16.2. The predicted molar refractivity (Wildman–Crippen MR) is 264 cm³/mol. The van der Waals surface area contributed by atoms with E-state index >= 15 is 0 Å². The van der Waals surface area contributed by atoms with E-state index in [4.69, 9.17) is 0 Å². The number of rotatable bonds is 6. The fourth-order valence-electron chi connectivity index (χ4n) is 7.37. The maximum atomic E-state index is 12.7. The summed E-state index contributed by atoms with van der Waals surface area (Å²) < 4.78 is 0. The van der Waals surface area contributed by atoms with Crippen molar-refractivity contribution >= 4 is 17.4 Å². The molecule has 312 valence electrons. The summed E-state index contributed by atoms with van der Waals surface area (Å²) in [4.78, 5) is 0. The van der Waals surface area contributed by atoms with Crippen molar-refractivity contribution in [3.05, 3.63) is 234 Å². The number of aryl methyl sites for hydroxylation is 6. The van der Waals surface area contributed by atoms with Crippen LogP contribution in [-0.2, 0) is 0 Å². The van der Waals surface area contributed by atoms with E-state index < -0.39 is 0 Å². The van der Waals surface area contributed by atoms with Gasteiger partial charge in [0, 0.05) is 0 Å². The summed E-state index contributed by atoms with van der Waals surface area (Å²) in [7, 11) is 0. The quantitative estimate of drug-likeness (QED) is 0.157. The summed E-state index contributed by atoms with van der Waals surface area (Å²) in [5.41, 5.74) is 17.5. The van der Waals surface area contributed by atoms with Crippen molar-refractivity contribution < 1.29 is 15.3 Å². The van der Waals surface area contributed by atoms with Gasteiger partial charge in [0.15, 0.2) is 0 Å². The van der Waals surface area contributed by atoms with Crippen LogP contribution < -0.4 is 15.3 Å². The molecule has 3 nitrogen and oxygen atoms in total. The minimum atomic E-state index is 0. The van der Waals surface area contributed by atoms with E-state index in [1.165, 1.54) is 33.4 Å². The average Bonchev–Trinajstić information content (AvgIpc) is 3.29. The molecule has 0 spiro atoms. The van der Waals surface area contributed by atoms with Gasteiger partial charge >= 0.3 is 17.4 Å². The average molecular weight is 847 g/mol. The van der Waals surface area contributed by atoms with Crippen LogP contribution in [0, 0.1) is 41.5 Å². The van der Waals surface area contributed by atoms with Gasteiger partial charge in [-0.3, -0.25) is 0 Å². The van der Waals surface area contributed by atoms with E-state index in [0.29, 0.717) is 0 Å². The van der Waals surface area contributed by atoms with Gasteiger partial charge in [-0.1, -0.05) is 251 Å². The Morgan fingerprint density at radius 1 is 0.203 bits per heavy atom. The molecule has 9 aromatic carbocycles. The third kappa shape index (κ3) is 11.3. The second kappa shape index (κ2) is 21.3. The van der Waals surface area contributed by atoms with Gasteiger partial charge in [0.05, 0.1) is 0 Å². The minimum absolute atomic E-state index is 0. The molecule has 0 N–H and O–H groups in total. The van der Waals surface area contributed by atoms with Gasteiger partial charge < -0.3 is 15.3 Å². The fourth-order valence-corrected chi connectivity index (χ4v) is 7.37. The van der Waals surface area contributed by atoms with E-state index in [2.05, 4.69) is 0 Å². The Hall–Kier alpha value is -7.09. The van der Waals surface area contributed by atoms with Crippen LogP contribution in [-0.4, -0.2) is 17.4 Å². The number of hydrogen-bond donors (Lipinski definition) is 0. The minimum Gasteiger partial charge on any atom is -0.872 e. The van der Waals surface area contributed by atoms with Gasteiger partial charge in [-0.2, -0.15) is 0 Å². The largest absolute Gasteiger partial charge is 3.00 e. The van der Waals surface area contributed by atoms with Gasteiger partial charge in [0.2, 0.25) is 0 Å². The fraction of sp³-hybridized carbons (Fsp3) is 0.100. The number of para-hydroxylation sites is 3. The van der Waals surface area contributed by atoms with Crippen molar-refractivity contribution in [1.82, 2.24) is 0 Å². The van der Waals surface area contributed by atoms with Gasteiger partial charge in [-0.15, -0.1) is 0 Å².